The van der Waals surface area contributed by atoms with Gasteiger partial charge in [-0.15, -0.1) is 0 Å². The van der Waals surface area contributed by atoms with E-state index in [1.165, 1.54) is 6.92 Å². The zero-order valence-electron chi connectivity index (χ0n) is 5.09. The molecular formula is C4H10N2O3. The molecule has 54 valence electrons. The minimum Gasteiger partial charge on any atom is -0.478 e. The summed E-state index contributed by atoms with van der Waals surface area (Å²) in [6, 6.07) is 0. The van der Waals surface area contributed by atoms with E-state index in [4.69, 9.17) is 16.1 Å². The van der Waals surface area contributed by atoms with Crippen molar-refractivity contribution in [2.75, 3.05) is 0 Å². The van der Waals surface area contributed by atoms with Crippen molar-refractivity contribution in [1.82, 2.24) is 5.43 Å². The quantitative estimate of drug-likeness (QED) is 0.217. The van der Waals surface area contributed by atoms with Crippen LogP contribution in [0.2, 0.25) is 0 Å². The fraction of sp³-hybridized carbons (Fsp3) is 0.750. The summed E-state index contributed by atoms with van der Waals surface area (Å²) in [7, 11) is 0. The van der Waals surface area contributed by atoms with Gasteiger partial charge in [0.25, 0.3) is 0 Å². The molecule has 0 aromatic carbocycles. The molecule has 0 heterocycles. The van der Waals surface area contributed by atoms with E-state index in [-0.39, 0.29) is 6.42 Å². The van der Waals surface area contributed by atoms with Crippen LogP contribution in [0.3, 0.4) is 0 Å². The minimum absolute atomic E-state index is 0.0266. The van der Waals surface area contributed by atoms with E-state index in [2.05, 4.69) is 0 Å². The van der Waals surface area contributed by atoms with Gasteiger partial charge in [0.1, 0.15) is 0 Å². The van der Waals surface area contributed by atoms with Crippen molar-refractivity contribution in [3.05, 3.63) is 0 Å². The van der Waals surface area contributed by atoms with Gasteiger partial charge < -0.3 is 10.2 Å². The van der Waals surface area contributed by atoms with Crippen LogP contribution >= 0.6 is 0 Å². The normalized spacial score (nSPS) is 16.8. The van der Waals surface area contributed by atoms with Crippen molar-refractivity contribution in [2.24, 2.45) is 5.84 Å². The highest BCUT2D eigenvalue weighted by Gasteiger charge is 2.31. The molecule has 0 aliphatic carbocycles. The molecule has 0 bridgehead atoms. The summed E-state index contributed by atoms with van der Waals surface area (Å²) < 4.78 is 0. The molecule has 5 heteroatoms. The predicted molar refractivity (Wildman–Crippen MR) is 30.2 cm³/mol. The summed E-state index contributed by atoms with van der Waals surface area (Å²) in [5.74, 6) is 3.37. The molecule has 0 amide bonds. The molecule has 0 aromatic heterocycles. The van der Waals surface area contributed by atoms with Crippen molar-refractivity contribution < 1.29 is 15.0 Å². The molecule has 0 radical (unpaired) electrons. The number of carboxylic acids is 1. The molecule has 0 aliphatic rings. The Morgan fingerprint density at radius 3 is 2.33 bits per heavy atom. The average molecular weight is 134 g/mol. The van der Waals surface area contributed by atoms with Crippen LogP contribution in [0, 0.1) is 0 Å². The van der Waals surface area contributed by atoms with E-state index >= 15 is 0 Å². The van der Waals surface area contributed by atoms with Gasteiger partial charge in [-0.3, -0.25) is 5.84 Å². The molecule has 0 fully saturated rings. The number of rotatable bonds is 3. The highest BCUT2D eigenvalue weighted by atomic mass is 16.4. The number of aliphatic hydroxyl groups is 1. The number of carbonyl (C=O) groups is 1. The first-order valence-corrected chi connectivity index (χ1v) is 2.50. The molecule has 0 saturated heterocycles. The zero-order chi connectivity index (χ0) is 7.49. The molecule has 9 heavy (non-hydrogen) atoms. The van der Waals surface area contributed by atoms with E-state index < -0.39 is 11.7 Å². The molecule has 1 atom stereocenters. The van der Waals surface area contributed by atoms with Gasteiger partial charge in [-0.1, -0.05) is 6.92 Å². The summed E-state index contributed by atoms with van der Waals surface area (Å²) in [4.78, 5) is 10.1. The van der Waals surface area contributed by atoms with Gasteiger partial charge in [-0.25, -0.2) is 10.2 Å². The van der Waals surface area contributed by atoms with E-state index in [9.17, 15) is 4.79 Å². The molecule has 0 unspecified atom stereocenters. The lowest BCUT2D eigenvalue weighted by atomic mass is 10.2. The highest BCUT2D eigenvalue weighted by Crippen LogP contribution is 2.02. The van der Waals surface area contributed by atoms with Gasteiger partial charge in [0.05, 0.1) is 0 Å². The number of carboxylic acid groups (broad SMARTS) is 1. The van der Waals surface area contributed by atoms with Crippen molar-refractivity contribution in [3.63, 3.8) is 0 Å². The number of nitrogens with two attached hydrogens (primary N) is 1. The van der Waals surface area contributed by atoms with Crippen LogP contribution in [-0.2, 0) is 4.79 Å². The fourth-order valence-corrected chi connectivity index (χ4v) is 0.315. The van der Waals surface area contributed by atoms with E-state index in [1.54, 1.807) is 5.43 Å². The molecular weight excluding hydrogens is 124 g/mol. The first-order chi connectivity index (χ1) is 4.06. The maximum atomic E-state index is 10.1. The molecule has 0 aromatic rings. The van der Waals surface area contributed by atoms with Crippen LogP contribution in [-0.4, -0.2) is 21.9 Å². The van der Waals surface area contributed by atoms with Crippen molar-refractivity contribution in [2.45, 2.75) is 19.1 Å². The summed E-state index contributed by atoms with van der Waals surface area (Å²) in [5.41, 5.74) is -0.189. The van der Waals surface area contributed by atoms with Gasteiger partial charge in [-0.05, 0) is 6.42 Å². The standard InChI is InChI=1S/C4H10N2O3/c1-2-4(9,6-5)3(7)8/h6,9H,2,5H2,1H3,(H,7,8)/t4-/m0/s1. The van der Waals surface area contributed by atoms with Crippen LogP contribution in [0.15, 0.2) is 0 Å². The Morgan fingerprint density at radius 1 is 1.89 bits per heavy atom. The molecule has 5 N–H and O–H groups in total. The Hall–Kier alpha value is -0.650. The number of aliphatic carboxylic acids is 1. The molecule has 0 saturated carbocycles. The van der Waals surface area contributed by atoms with Crippen molar-refractivity contribution in [1.29, 1.82) is 0 Å². The Kier molecular flexibility index (Phi) is 2.57. The van der Waals surface area contributed by atoms with Crippen molar-refractivity contribution >= 4 is 5.97 Å². The van der Waals surface area contributed by atoms with Crippen LogP contribution in [0.4, 0.5) is 0 Å². The second-order valence-corrected chi connectivity index (χ2v) is 1.66. The minimum atomic E-state index is -1.97. The maximum absolute atomic E-state index is 10.1. The number of hydrogen-bond donors (Lipinski definition) is 4. The second kappa shape index (κ2) is 2.77. The van der Waals surface area contributed by atoms with E-state index in [0.29, 0.717) is 0 Å². The fourth-order valence-electron chi connectivity index (χ4n) is 0.315. The lowest BCUT2D eigenvalue weighted by Crippen LogP contribution is -2.54. The Bertz CT molecular complexity index is 110. The lowest BCUT2D eigenvalue weighted by Gasteiger charge is -2.19. The number of hydrazine groups is 1. The van der Waals surface area contributed by atoms with Crippen LogP contribution < -0.4 is 11.3 Å². The number of nitrogens with one attached hydrogen (secondary N) is 1. The Balaban J connectivity index is 4.09. The Labute approximate surface area is 52.4 Å². The summed E-state index contributed by atoms with van der Waals surface area (Å²) in [5, 5.41) is 17.1. The molecule has 0 aliphatic heterocycles. The SMILES string of the molecule is CC[C@@](O)(NN)C(=O)O. The van der Waals surface area contributed by atoms with Crippen LogP contribution in [0.1, 0.15) is 13.3 Å². The second-order valence-electron chi connectivity index (χ2n) is 1.66. The van der Waals surface area contributed by atoms with Crippen LogP contribution in [0.5, 0.6) is 0 Å². The highest BCUT2D eigenvalue weighted by molar-refractivity contribution is 5.76. The maximum Gasteiger partial charge on any atom is 0.352 e. The monoisotopic (exact) mass is 134 g/mol. The van der Waals surface area contributed by atoms with Crippen molar-refractivity contribution in [3.8, 4) is 0 Å². The first kappa shape index (κ1) is 8.35. The average Bonchev–Trinajstić information content (AvgIpc) is 1.86. The lowest BCUT2D eigenvalue weighted by molar-refractivity contribution is -0.162. The first-order valence-electron chi connectivity index (χ1n) is 2.50. The summed E-state index contributed by atoms with van der Waals surface area (Å²) in [6.45, 7) is 1.51. The third kappa shape index (κ3) is 1.63. The van der Waals surface area contributed by atoms with Gasteiger partial charge in [0.15, 0.2) is 0 Å². The smallest absolute Gasteiger partial charge is 0.352 e. The molecule has 5 nitrogen and oxygen atoms in total. The molecule has 0 spiro atoms. The van der Waals surface area contributed by atoms with E-state index in [0.717, 1.165) is 0 Å². The van der Waals surface area contributed by atoms with Gasteiger partial charge in [0, 0.05) is 0 Å². The zero-order valence-corrected chi connectivity index (χ0v) is 5.09. The predicted octanol–water partition coefficient (Wildman–Crippen LogP) is -1.37. The summed E-state index contributed by atoms with van der Waals surface area (Å²) >= 11 is 0. The van der Waals surface area contributed by atoms with Crippen LogP contribution in [0.25, 0.3) is 0 Å². The van der Waals surface area contributed by atoms with Gasteiger partial charge >= 0.3 is 5.97 Å². The Morgan fingerprint density at radius 2 is 2.33 bits per heavy atom. The van der Waals surface area contributed by atoms with E-state index in [1.807, 2.05) is 0 Å². The third-order valence-corrected chi connectivity index (χ3v) is 1.10. The van der Waals surface area contributed by atoms with Gasteiger partial charge in [-0.2, -0.15) is 0 Å². The molecule has 0 rings (SSSR count). The topological polar surface area (TPSA) is 95.6 Å². The van der Waals surface area contributed by atoms with Gasteiger partial charge in [0.2, 0.25) is 5.72 Å². The number of hydrogen-bond acceptors (Lipinski definition) is 4. The third-order valence-electron chi connectivity index (χ3n) is 1.10. The summed E-state index contributed by atoms with van der Waals surface area (Å²) in [6.07, 6.45) is 0.0266. The largest absolute Gasteiger partial charge is 0.478 e.